The Morgan fingerprint density at radius 2 is 1.72 bits per heavy atom. The van der Waals surface area contributed by atoms with Crippen molar-refractivity contribution in [2.45, 2.75) is 13.3 Å². The second-order valence-corrected chi connectivity index (χ2v) is 5.22. The summed E-state index contributed by atoms with van der Waals surface area (Å²) in [6.07, 6.45) is 0.850. The molecule has 2 aromatic carbocycles. The van der Waals surface area contributed by atoms with Crippen LogP contribution in [0.3, 0.4) is 0 Å². The minimum Gasteiger partial charge on any atom is -0.352 e. The van der Waals surface area contributed by atoms with Gasteiger partial charge in [-0.05, 0) is 36.8 Å². The fourth-order valence-corrected chi connectivity index (χ4v) is 2.04. The fourth-order valence-electron chi connectivity index (χ4n) is 2.04. The highest BCUT2D eigenvalue weighted by atomic mass is 16.6. The second-order valence-electron chi connectivity index (χ2n) is 5.22. The molecule has 0 saturated heterocycles. The van der Waals surface area contributed by atoms with Crippen LogP contribution >= 0.6 is 0 Å². The molecular formula is C17H18N4O4. The Morgan fingerprint density at radius 1 is 1.04 bits per heavy atom. The van der Waals surface area contributed by atoms with Crippen molar-refractivity contribution < 1.29 is 14.5 Å². The van der Waals surface area contributed by atoms with Crippen LogP contribution in [0.2, 0.25) is 0 Å². The van der Waals surface area contributed by atoms with E-state index in [1.807, 2.05) is 6.92 Å². The van der Waals surface area contributed by atoms with Gasteiger partial charge in [0.25, 0.3) is 11.6 Å². The molecule has 0 heterocycles. The average Bonchev–Trinajstić information content (AvgIpc) is 2.60. The standard InChI is InChI=1S/C17H18N4O4/c1-2-10-18-16(22)12-6-8-13(9-7-12)19-17(23)20-14-4-3-5-15(11-14)21(24)25/h3-9,11H,2,10H2,1H3,(H,18,22)(H2,19,20,23). The molecule has 0 aliphatic rings. The van der Waals surface area contributed by atoms with Crippen molar-refractivity contribution >= 4 is 29.0 Å². The summed E-state index contributed by atoms with van der Waals surface area (Å²) in [7, 11) is 0. The first-order chi connectivity index (χ1) is 12.0. The summed E-state index contributed by atoms with van der Waals surface area (Å²) < 4.78 is 0. The topological polar surface area (TPSA) is 113 Å². The highest BCUT2D eigenvalue weighted by Crippen LogP contribution is 2.17. The van der Waals surface area contributed by atoms with Gasteiger partial charge in [-0.3, -0.25) is 14.9 Å². The van der Waals surface area contributed by atoms with Crippen molar-refractivity contribution in [3.63, 3.8) is 0 Å². The van der Waals surface area contributed by atoms with Crippen LogP contribution in [0, 0.1) is 10.1 Å². The highest BCUT2D eigenvalue weighted by molar-refractivity contribution is 6.00. The molecule has 2 rings (SSSR count). The lowest BCUT2D eigenvalue weighted by molar-refractivity contribution is -0.384. The second kappa shape index (κ2) is 8.44. The molecule has 0 aliphatic carbocycles. The molecule has 3 amide bonds. The minimum atomic E-state index is -0.538. The number of nitrogens with zero attached hydrogens (tertiary/aromatic N) is 1. The van der Waals surface area contributed by atoms with Crippen LogP contribution in [-0.2, 0) is 0 Å². The van der Waals surface area contributed by atoms with Crippen LogP contribution in [0.15, 0.2) is 48.5 Å². The molecule has 130 valence electrons. The predicted octanol–water partition coefficient (Wildman–Crippen LogP) is 3.38. The summed E-state index contributed by atoms with van der Waals surface area (Å²) in [6, 6.07) is 11.5. The van der Waals surface area contributed by atoms with Crippen molar-refractivity contribution in [2.75, 3.05) is 17.2 Å². The molecular weight excluding hydrogens is 324 g/mol. The molecule has 25 heavy (non-hydrogen) atoms. The zero-order chi connectivity index (χ0) is 18.2. The number of non-ortho nitro benzene ring substituents is 1. The van der Waals surface area contributed by atoms with Gasteiger partial charge in [-0.2, -0.15) is 0 Å². The summed E-state index contributed by atoms with van der Waals surface area (Å²) in [5.74, 6) is -0.172. The van der Waals surface area contributed by atoms with E-state index in [2.05, 4.69) is 16.0 Å². The highest BCUT2D eigenvalue weighted by Gasteiger charge is 2.09. The van der Waals surface area contributed by atoms with Gasteiger partial charge in [0.2, 0.25) is 0 Å². The molecule has 8 heteroatoms. The monoisotopic (exact) mass is 342 g/mol. The third-order valence-electron chi connectivity index (χ3n) is 3.26. The normalized spacial score (nSPS) is 9.96. The van der Waals surface area contributed by atoms with Crippen LogP contribution < -0.4 is 16.0 Å². The van der Waals surface area contributed by atoms with Gasteiger partial charge in [0.1, 0.15) is 0 Å². The van der Waals surface area contributed by atoms with Crippen molar-refractivity contribution in [3.8, 4) is 0 Å². The Labute approximate surface area is 144 Å². The number of hydrogen-bond donors (Lipinski definition) is 3. The maximum Gasteiger partial charge on any atom is 0.323 e. The molecule has 0 atom stereocenters. The number of amides is 3. The SMILES string of the molecule is CCCNC(=O)c1ccc(NC(=O)Nc2cccc([N+](=O)[O-])c2)cc1. The summed E-state index contributed by atoms with van der Waals surface area (Å²) in [5, 5.41) is 18.6. The van der Waals surface area contributed by atoms with Gasteiger partial charge in [0.05, 0.1) is 4.92 Å². The van der Waals surface area contributed by atoms with Gasteiger partial charge in [0, 0.05) is 35.6 Å². The summed E-state index contributed by atoms with van der Waals surface area (Å²) in [5.41, 5.74) is 1.19. The number of nitrogens with one attached hydrogen (secondary N) is 3. The molecule has 0 aromatic heterocycles. The largest absolute Gasteiger partial charge is 0.352 e. The Kier molecular flexibility index (Phi) is 6.05. The van der Waals surface area contributed by atoms with E-state index >= 15 is 0 Å². The Balaban J connectivity index is 1.95. The first kappa shape index (κ1) is 17.9. The summed E-state index contributed by atoms with van der Waals surface area (Å²) in [6.45, 7) is 2.57. The molecule has 2 aromatic rings. The van der Waals surface area contributed by atoms with E-state index in [1.54, 1.807) is 30.3 Å². The summed E-state index contributed by atoms with van der Waals surface area (Å²) in [4.78, 5) is 33.9. The first-order valence-corrected chi connectivity index (χ1v) is 7.70. The summed E-state index contributed by atoms with van der Waals surface area (Å²) >= 11 is 0. The van der Waals surface area contributed by atoms with Gasteiger partial charge < -0.3 is 16.0 Å². The third-order valence-corrected chi connectivity index (χ3v) is 3.26. The smallest absolute Gasteiger partial charge is 0.323 e. The minimum absolute atomic E-state index is 0.111. The van der Waals surface area contributed by atoms with Gasteiger partial charge in [-0.1, -0.05) is 13.0 Å². The molecule has 0 bridgehead atoms. The quantitative estimate of drug-likeness (QED) is 0.551. The van der Waals surface area contributed by atoms with Gasteiger partial charge in [-0.25, -0.2) is 4.79 Å². The molecule has 3 N–H and O–H groups in total. The number of urea groups is 1. The Morgan fingerprint density at radius 3 is 2.36 bits per heavy atom. The number of rotatable bonds is 6. The Hall–Kier alpha value is -3.42. The van der Waals surface area contributed by atoms with Crippen LogP contribution in [0.4, 0.5) is 21.9 Å². The number of carbonyl (C=O) groups is 2. The lowest BCUT2D eigenvalue weighted by atomic mass is 10.2. The average molecular weight is 342 g/mol. The van der Waals surface area contributed by atoms with Gasteiger partial charge in [0.15, 0.2) is 0 Å². The number of benzene rings is 2. The number of carbonyl (C=O) groups excluding carboxylic acids is 2. The first-order valence-electron chi connectivity index (χ1n) is 7.70. The van der Waals surface area contributed by atoms with Crippen LogP contribution in [-0.4, -0.2) is 23.4 Å². The van der Waals surface area contributed by atoms with E-state index in [4.69, 9.17) is 0 Å². The molecule has 0 saturated carbocycles. The van der Waals surface area contributed by atoms with Crippen molar-refractivity contribution in [1.29, 1.82) is 0 Å². The van der Waals surface area contributed by atoms with E-state index in [9.17, 15) is 19.7 Å². The number of nitro benzene ring substituents is 1. The van der Waals surface area contributed by atoms with Gasteiger partial charge >= 0.3 is 6.03 Å². The van der Waals surface area contributed by atoms with E-state index in [0.29, 0.717) is 23.5 Å². The molecule has 0 spiro atoms. The lowest BCUT2D eigenvalue weighted by Gasteiger charge is -2.08. The van der Waals surface area contributed by atoms with Crippen LogP contribution in [0.5, 0.6) is 0 Å². The maximum absolute atomic E-state index is 12.0. The van der Waals surface area contributed by atoms with Crippen LogP contribution in [0.25, 0.3) is 0 Å². The predicted molar refractivity (Wildman–Crippen MR) is 94.8 cm³/mol. The molecule has 8 nitrogen and oxygen atoms in total. The zero-order valence-electron chi connectivity index (χ0n) is 13.6. The lowest BCUT2D eigenvalue weighted by Crippen LogP contribution is -2.24. The van der Waals surface area contributed by atoms with Crippen LogP contribution in [0.1, 0.15) is 23.7 Å². The third kappa shape index (κ3) is 5.31. The number of nitro groups is 1. The van der Waals surface area contributed by atoms with E-state index < -0.39 is 11.0 Å². The molecule has 0 unspecified atom stereocenters. The molecule has 0 radical (unpaired) electrons. The Bertz CT molecular complexity index is 774. The van der Waals surface area contributed by atoms with Crippen molar-refractivity contribution in [2.24, 2.45) is 0 Å². The van der Waals surface area contributed by atoms with Crippen molar-refractivity contribution in [3.05, 3.63) is 64.2 Å². The van der Waals surface area contributed by atoms with Gasteiger partial charge in [-0.15, -0.1) is 0 Å². The van der Waals surface area contributed by atoms with E-state index in [1.165, 1.54) is 18.2 Å². The number of hydrogen-bond acceptors (Lipinski definition) is 4. The number of anilines is 2. The molecule has 0 fully saturated rings. The maximum atomic E-state index is 12.0. The van der Waals surface area contributed by atoms with E-state index in [-0.39, 0.29) is 11.6 Å². The van der Waals surface area contributed by atoms with E-state index in [0.717, 1.165) is 6.42 Å². The molecule has 0 aliphatic heterocycles. The fraction of sp³-hybridized carbons (Fsp3) is 0.176. The van der Waals surface area contributed by atoms with Crippen molar-refractivity contribution in [1.82, 2.24) is 5.32 Å². The zero-order valence-corrected chi connectivity index (χ0v) is 13.6.